The molecule has 88 valence electrons. The first-order valence-corrected chi connectivity index (χ1v) is 5.68. The summed E-state index contributed by atoms with van der Waals surface area (Å²) in [6.45, 7) is 4.12. The average molecular weight is 222 g/mol. The lowest BCUT2D eigenvalue weighted by atomic mass is 10.1. The highest BCUT2D eigenvalue weighted by Crippen LogP contribution is 2.44. The van der Waals surface area contributed by atoms with Gasteiger partial charge in [-0.25, -0.2) is 4.98 Å². The molecule has 1 aliphatic rings. The van der Waals surface area contributed by atoms with E-state index in [4.69, 9.17) is 10.5 Å². The average Bonchev–Trinajstić information content (AvgIpc) is 3.08. The van der Waals surface area contributed by atoms with Gasteiger partial charge in [-0.05, 0) is 31.7 Å². The van der Waals surface area contributed by atoms with Gasteiger partial charge >= 0.3 is 0 Å². The third-order valence-electron chi connectivity index (χ3n) is 2.93. The molecule has 0 bridgehead atoms. The molecule has 16 heavy (non-hydrogen) atoms. The first-order chi connectivity index (χ1) is 7.78. The Morgan fingerprint density at radius 3 is 3.00 bits per heavy atom. The molecule has 0 aliphatic heterocycles. The maximum absolute atomic E-state index is 5.71. The van der Waals surface area contributed by atoms with Crippen molar-refractivity contribution in [3.05, 3.63) is 12.3 Å². The molecule has 1 aromatic rings. The van der Waals surface area contributed by atoms with Crippen molar-refractivity contribution in [2.75, 3.05) is 25.0 Å². The maximum atomic E-state index is 5.71. The van der Waals surface area contributed by atoms with E-state index in [0.29, 0.717) is 18.4 Å². The quantitative estimate of drug-likeness (QED) is 0.752. The van der Waals surface area contributed by atoms with Gasteiger partial charge in [0.1, 0.15) is 0 Å². The van der Waals surface area contributed by atoms with Crippen LogP contribution in [0.2, 0.25) is 0 Å². The molecule has 1 fully saturated rings. The Kier molecular flexibility index (Phi) is 3.24. The Labute approximate surface area is 95.4 Å². The van der Waals surface area contributed by atoms with Crippen LogP contribution in [0, 0.1) is 5.41 Å². The van der Waals surface area contributed by atoms with Gasteiger partial charge in [0, 0.05) is 18.8 Å². The summed E-state index contributed by atoms with van der Waals surface area (Å²) in [5.74, 6) is 1.23. The Morgan fingerprint density at radius 1 is 1.56 bits per heavy atom. The second kappa shape index (κ2) is 4.65. The summed E-state index contributed by atoms with van der Waals surface area (Å²) >= 11 is 0. The van der Waals surface area contributed by atoms with E-state index in [-0.39, 0.29) is 5.41 Å². The topological polar surface area (TPSA) is 73.1 Å². The highest BCUT2D eigenvalue weighted by molar-refractivity contribution is 5.28. The number of rotatable bonds is 6. The van der Waals surface area contributed by atoms with E-state index in [1.807, 2.05) is 6.92 Å². The van der Waals surface area contributed by atoms with Crippen LogP contribution in [-0.2, 0) is 0 Å². The van der Waals surface area contributed by atoms with Crippen LogP contribution < -0.4 is 15.8 Å². The standard InChI is InChI=1S/C11H18N4O/c1-2-16-9-3-6-13-10(15-9)14-8-11(7-12)4-5-11/h3,6H,2,4-5,7-8,12H2,1H3,(H,13,14,15). The minimum atomic E-state index is 0.283. The molecule has 5 heteroatoms. The second-order valence-corrected chi connectivity index (χ2v) is 4.21. The fourth-order valence-electron chi connectivity index (χ4n) is 1.55. The number of nitrogens with zero attached hydrogens (tertiary/aromatic N) is 2. The first-order valence-electron chi connectivity index (χ1n) is 5.68. The summed E-state index contributed by atoms with van der Waals surface area (Å²) in [4.78, 5) is 8.39. The predicted octanol–water partition coefficient (Wildman–Crippen LogP) is 1.03. The molecule has 1 aromatic heterocycles. The zero-order valence-corrected chi connectivity index (χ0v) is 9.57. The third kappa shape index (κ3) is 2.61. The molecule has 1 aliphatic carbocycles. The van der Waals surface area contributed by atoms with Crippen LogP contribution in [-0.4, -0.2) is 29.7 Å². The van der Waals surface area contributed by atoms with E-state index in [2.05, 4.69) is 15.3 Å². The minimum Gasteiger partial charge on any atom is -0.478 e. The van der Waals surface area contributed by atoms with E-state index < -0.39 is 0 Å². The molecule has 1 saturated carbocycles. The van der Waals surface area contributed by atoms with Crippen LogP contribution in [0.25, 0.3) is 0 Å². The number of nitrogens with one attached hydrogen (secondary N) is 1. The molecule has 2 rings (SSSR count). The molecule has 0 saturated heterocycles. The van der Waals surface area contributed by atoms with E-state index in [9.17, 15) is 0 Å². The lowest BCUT2D eigenvalue weighted by Gasteiger charge is -2.13. The zero-order valence-electron chi connectivity index (χ0n) is 9.57. The van der Waals surface area contributed by atoms with Crippen molar-refractivity contribution in [3.8, 4) is 5.88 Å². The van der Waals surface area contributed by atoms with Gasteiger partial charge in [0.25, 0.3) is 0 Å². The van der Waals surface area contributed by atoms with Crippen LogP contribution in [0.1, 0.15) is 19.8 Å². The molecule has 0 atom stereocenters. The summed E-state index contributed by atoms with van der Waals surface area (Å²) < 4.78 is 5.30. The van der Waals surface area contributed by atoms with E-state index in [0.717, 1.165) is 13.1 Å². The van der Waals surface area contributed by atoms with Crippen molar-refractivity contribution in [3.63, 3.8) is 0 Å². The summed E-state index contributed by atoms with van der Waals surface area (Å²) in [7, 11) is 0. The van der Waals surface area contributed by atoms with E-state index in [1.54, 1.807) is 12.3 Å². The number of aromatic nitrogens is 2. The van der Waals surface area contributed by atoms with Gasteiger partial charge in [0.2, 0.25) is 11.8 Å². The molecule has 0 unspecified atom stereocenters. The maximum Gasteiger partial charge on any atom is 0.225 e. The second-order valence-electron chi connectivity index (χ2n) is 4.21. The van der Waals surface area contributed by atoms with Gasteiger partial charge in [-0.2, -0.15) is 4.98 Å². The summed E-state index contributed by atoms with van der Waals surface area (Å²) in [6, 6.07) is 1.75. The van der Waals surface area contributed by atoms with Crippen LogP contribution in [0.3, 0.4) is 0 Å². The Hall–Kier alpha value is -1.36. The molecule has 1 heterocycles. The van der Waals surface area contributed by atoms with Gasteiger partial charge in [-0.15, -0.1) is 0 Å². The fourth-order valence-corrected chi connectivity index (χ4v) is 1.55. The molecule has 0 aromatic carbocycles. The number of hydrogen-bond acceptors (Lipinski definition) is 5. The summed E-state index contributed by atoms with van der Waals surface area (Å²) in [6.07, 6.45) is 4.09. The third-order valence-corrected chi connectivity index (χ3v) is 2.93. The monoisotopic (exact) mass is 222 g/mol. The summed E-state index contributed by atoms with van der Waals surface area (Å²) in [5.41, 5.74) is 5.99. The van der Waals surface area contributed by atoms with Gasteiger partial charge in [0.15, 0.2) is 0 Å². The van der Waals surface area contributed by atoms with Gasteiger partial charge in [-0.3, -0.25) is 0 Å². The van der Waals surface area contributed by atoms with E-state index >= 15 is 0 Å². The minimum absolute atomic E-state index is 0.283. The van der Waals surface area contributed by atoms with Gasteiger partial charge < -0.3 is 15.8 Å². The summed E-state index contributed by atoms with van der Waals surface area (Å²) in [5, 5.41) is 3.21. The normalized spacial score (nSPS) is 16.9. The Morgan fingerprint density at radius 2 is 2.38 bits per heavy atom. The number of anilines is 1. The molecule has 0 amide bonds. The Balaban J connectivity index is 1.91. The SMILES string of the molecule is CCOc1ccnc(NCC2(CN)CC2)n1. The van der Waals surface area contributed by atoms with Crippen molar-refractivity contribution < 1.29 is 4.74 Å². The predicted molar refractivity (Wildman–Crippen MR) is 62.4 cm³/mol. The van der Waals surface area contributed by atoms with Gasteiger partial charge in [0.05, 0.1) is 6.61 Å². The van der Waals surface area contributed by atoms with E-state index in [1.165, 1.54) is 12.8 Å². The molecular weight excluding hydrogens is 204 g/mol. The lowest BCUT2D eigenvalue weighted by Crippen LogP contribution is -2.24. The van der Waals surface area contributed by atoms with Crippen molar-refractivity contribution in [2.24, 2.45) is 11.1 Å². The number of ether oxygens (including phenoxy) is 1. The first kappa shape index (κ1) is 11.1. The van der Waals surface area contributed by atoms with Crippen molar-refractivity contribution in [1.82, 2.24) is 9.97 Å². The lowest BCUT2D eigenvalue weighted by molar-refractivity contribution is 0.326. The Bertz CT molecular complexity index is 352. The van der Waals surface area contributed by atoms with Crippen molar-refractivity contribution in [2.45, 2.75) is 19.8 Å². The number of hydrogen-bond donors (Lipinski definition) is 2. The fraction of sp³-hybridized carbons (Fsp3) is 0.636. The molecule has 0 radical (unpaired) electrons. The highest BCUT2D eigenvalue weighted by atomic mass is 16.5. The smallest absolute Gasteiger partial charge is 0.225 e. The highest BCUT2D eigenvalue weighted by Gasteiger charge is 2.40. The van der Waals surface area contributed by atoms with Crippen LogP contribution in [0.4, 0.5) is 5.95 Å². The van der Waals surface area contributed by atoms with Crippen LogP contribution in [0.15, 0.2) is 12.3 Å². The zero-order chi connectivity index (χ0) is 11.4. The number of nitrogens with two attached hydrogens (primary N) is 1. The molecule has 3 N–H and O–H groups in total. The van der Waals surface area contributed by atoms with Crippen LogP contribution in [0.5, 0.6) is 5.88 Å². The van der Waals surface area contributed by atoms with Gasteiger partial charge in [-0.1, -0.05) is 0 Å². The largest absolute Gasteiger partial charge is 0.478 e. The molecular formula is C11H18N4O. The molecule has 0 spiro atoms. The molecule has 5 nitrogen and oxygen atoms in total. The van der Waals surface area contributed by atoms with Crippen molar-refractivity contribution in [1.29, 1.82) is 0 Å². The van der Waals surface area contributed by atoms with Crippen molar-refractivity contribution >= 4 is 5.95 Å². The van der Waals surface area contributed by atoms with Crippen LogP contribution >= 0.6 is 0 Å².